The molecule has 0 radical (unpaired) electrons. The van der Waals surface area contributed by atoms with E-state index in [1.807, 2.05) is 19.9 Å². The fourth-order valence-electron chi connectivity index (χ4n) is 0.981. The van der Waals surface area contributed by atoms with Crippen LogP contribution >= 0.6 is 0 Å². The molecule has 0 nitrogen and oxygen atoms in total. The fraction of sp³-hybridized carbons (Fsp3) is 0.636. The molecule has 0 spiro atoms. The molecule has 0 rings (SSSR count). The predicted octanol–water partition coefficient (Wildman–Crippen LogP) is 4.63. The Hall–Kier alpha value is -0.730. The van der Waals surface area contributed by atoms with Gasteiger partial charge in [-0.1, -0.05) is 23.3 Å². The van der Waals surface area contributed by atoms with E-state index in [0.29, 0.717) is 6.42 Å². The molecule has 0 aromatic rings. The second-order valence-electron chi connectivity index (χ2n) is 3.69. The van der Waals surface area contributed by atoms with Crippen LogP contribution in [0.3, 0.4) is 0 Å². The van der Waals surface area contributed by atoms with Crippen LogP contribution < -0.4 is 0 Å². The maximum atomic E-state index is 11.8. The van der Waals surface area contributed by atoms with Crippen LogP contribution in [-0.4, -0.2) is 6.18 Å². The average Bonchev–Trinajstić information content (AvgIpc) is 1.99. The molecule has 0 fully saturated rings. The Morgan fingerprint density at radius 1 is 1.07 bits per heavy atom. The standard InChI is InChI=1S/C11H17F3/c1-9(2)5-4-6-10(3)7-8-11(12,13)14/h5,7H,4,6,8H2,1-3H3/b10-7-. The monoisotopic (exact) mass is 206 g/mol. The molecule has 0 amide bonds. The van der Waals surface area contributed by atoms with E-state index in [0.717, 1.165) is 12.0 Å². The van der Waals surface area contributed by atoms with Crippen molar-refractivity contribution in [1.82, 2.24) is 0 Å². The van der Waals surface area contributed by atoms with Crippen LogP contribution in [0, 0.1) is 0 Å². The van der Waals surface area contributed by atoms with Crippen LogP contribution in [-0.2, 0) is 0 Å². The molecular formula is C11H17F3. The van der Waals surface area contributed by atoms with Gasteiger partial charge in [-0.3, -0.25) is 0 Å². The van der Waals surface area contributed by atoms with Gasteiger partial charge < -0.3 is 0 Å². The third kappa shape index (κ3) is 9.36. The first-order chi connectivity index (χ1) is 6.31. The Morgan fingerprint density at radius 2 is 1.64 bits per heavy atom. The van der Waals surface area contributed by atoms with Crippen molar-refractivity contribution in [2.45, 2.75) is 46.2 Å². The molecule has 0 aliphatic rings. The van der Waals surface area contributed by atoms with Gasteiger partial charge in [0.1, 0.15) is 0 Å². The summed E-state index contributed by atoms with van der Waals surface area (Å²) in [6.07, 6.45) is -0.0566. The highest BCUT2D eigenvalue weighted by molar-refractivity contribution is 5.02. The Morgan fingerprint density at radius 3 is 2.07 bits per heavy atom. The molecule has 0 saturated carbocycles. The molecule has 0 bridgehead atoms. The van der Waals surface area contributed by atoms with Crippen molar-refractivity contribution >= 4 is 0 Å². The summed E-state index contributed by atoms with van der Waals surface area (Å²) in [7, 11) is 0. The highest BCUT2D eigenvalue weighted by Crippen LogP contribution is 2.21. The van der Waals surface area contributed by atoms with Crippen LogP contribution in [0.1, 0.15) is 40.0 Å². The van der Waals surface area contributed by atoms with Gasteiger partial charge in [0, 0.05) is 0 Å². The molecule has 0 saturated heterocycles. The van der Waals surface area contributed by atoms with E-state index in [4.69, 9.17) is 0 Å². The van der Waals surface area contributed by atoms with Gasteiger partial charge in [0.15, 0.2) is 0 Å². The van der Waals surface area contributed by atoms with Crippen molar-refractivity contribution in [3.05, 3.63) is 23.3 Å². The van der Waals surface area contributed by atoms with Gasteiger partial charge in [-0.05, 0) is 33.6 Å². The van der Waals surface area contributed by atoms with Crippen LogP contribution in [0.5, 0.6) is 0 Å². The van der Waals surface area contributed by atoms with E-state index in [2.05, 4.69) is 0 Å². The summed E-state index contributed by atoms with van der Waals surface area (Å²) >= 11 is 0. The summed E-state index contributed by atoms with van der Waals surface area (Å²) in [6, 6.07) is 0. The Bertz CT molecular complexity index is 217. The fourth-order valence-corrected chi connectivity index (χ4v) is 0.981. The maximum absolute atomic E-state index is 11.8. The van der Waals surface area contributed by atoms with Gasteiger partial charge in [0.05, 0.1) is 6.42 Å². The molecule has 0 atom stereocenters. The van der Waals surface area contributed by atoms with Crippen LogP contribution in [0.4, 0.5) is 13.2 Å². The Kier molecular flexibility index (Phi) is 5.58. The SMILES string of the molecule is CC(C)=CCC/C(C)=C\CC(F)(F)F. The van der Waals surface area contributed by atoms with E-state index in [1.165, 1.54) is 11.6 Å². The Labute approximate surface area is 83.5 Å². The lowest BCUT2D eigenvalue weighted by atomic mass is 10.1. The minimum atomic E-state index is -4.07. The number of rotatable bonds is 4. The molecule has 3 heteroatoms. The minimum absolute atomic E-state index is 0.710. The van der Waals surface area contributed by atoms with E-state index in [1.54, 1.807) is 6.92 Å². The maximum Gasteiger partial charge on any atom is 0.392 e. The number of hydrogen-bond acceptors (Lipinski definition) is 0. The lowest BCUT2D eigenvalue weighted by molar-refractivity contribution is -0.125. The number of halogens is 3. The zero-order chi connectivity index (χ0) is 11.2. The third-order valence-electron chi connectivity index (χ3n) is 1.77. The smallest absolute Gasteiger partial charge is 0.171 e. The zero-order valence-corrected chi connectivity index (χ0v) is 8.91. The Balaban J connectivity index is 3.85. The normalized spacial score (nSPS) is 12.9. The van der Waals surface area contributed by atoms with Crippen LogP contribution in [0.15, 0.2) is 23.3 Å². The minimum Gasteiger partial charge on any atom is -0.171 e. The second kappa shape index (κ2) is 5.89. The van der Waals surface area contributed by atoms with Gasteiger partial charge in [-0.25, -0.2) is 0 Å². The molecule has 0 aromatic carbocycles. The highest BCUT2D eigenvalue weighted by atomic mass is 19.4. The van der Waals surface area contributed by atoms with Gasteiger partial charge in [-0.2, -0.15) is 13.2 Å². The van der Waals surface area contributed by atoms with E-state index in [9.17, 15) is 13.2 Å². The quantitative estimate of drug-likeness (QED) is 0.588. The lowest BCUT2D eigenvalue weighted by Crippen LogP contribution is -2.04. The predicted molar refractivity (Wildman–Crippen MR) is 53.1 cm³/mol. The first-order valence-electron chi connectivity index (χ1n) is 4.67. The first kappa shape index (κ1) is 13.3. The van der Waals surface area contributed by atoms with Crippen molar-refractivity contribution in [2.24, 2.45) is 0 Å². The molecule has 0 aliphatic carbocycles. The summed E-state index contributed by atoms with van der Waals surface area (Å²) in [5.41, 5.74) is 2.01. The summed E-state index contributed by atoms with van der Waals surface area (Å²) in [5, 5.41) is 0. The molecule has 0 N–H and O–H groups in total. The van der Waals surface area contributed by atoms with Crippen molar-refractivity contribution in [1.29, 1.82) is 0 Å². The number of hydrogen-bond donors (Lipinski definition) is 0. The van der Waals surface area contributed by atoms with Gasteiger partial charge in [0.25, 0.3) is 0 Å². The van der Waals surface area contributed by atoms with Crippen molar-refractivity contribution in [3.63, 3.8) is 0 Å². The highest BCUT2D eigenvalue weighted by Gasteiger charge is 2.24. The largest absolute Gasteiger partial charge is 0.392 e. The topological polar surface area (TPSA) is 0 Å². The molecule has 0 aromatic heterocycles. The summed E-state index contributed by atoms with van der Waals surface area (Å²) < 4.78 is 35.4. The third-order valence-corrected chi connectivity index (χ3v) is 1.77. The molecule has 14 heavy (non-hydrogen) atoms. The van der Waals surface area contributed by atoms with Crippen LogP contribution in [0.2, 0.25) is 0 Å². The van der Waals surface area contributed by atoms with E-state index < -0.39 is 12.6 Å². The van der Waals surface area contributed by atoms with Gasteiger partial charge in [0.2, 0.25) is 0 Å². The number of alkyl halides is 3. The van der Waals surface area contributed by atoms with Crippen molar-refractivity contribution < 1.29 is 13.2 Å². The molecule has 0 heterocycles. The summed E-state index contributed by atoms with van der Waals surface area (Å²) in [4.78, 5) is 0. The van der Waals surface area contributed by atoms with Crippen molar-refractivity contribution in [3.8, 4) is 0 Å². The van der Waals surface area contributed by atoms with Gasteiger partial charge in [-0.15, -0.1) is 0 Å². The lowest BCUT2D eigenvalue weighted by Gasteiger charge is -2.03. The molecule has 82 valence electrons. The van der Waals surface area contributed by atoms with E-state index in [-0.39, 0.29) is 0 Å². The first-order valence-corrected chi connectivity index (χ1v) is 4.67. The van der Waals surface area contributed by atoms with Gasteiger partial charge >= 0.3 is 6.18 Å². The zero-order valence-electron chi connectivity index (χ0n) is 8.91. The summed E-state index contributed by atoms with van der Waals surface area (Å²) in [6.45, 7) is 5.70. The molecule has 0 unspecified atom stereocenters. The molecular weight excluding hydrogens is 189 g/mol. The van der Waals surface area contributed by atoms with Crippen molar-refractivity contribution in [2.75, 3.05) is 0 Å². The van der Waals surface area contributed by atoms with E-state index >= 15 is 0 Å². The second-order valence-corrected chi connectivity index (χ2v) is 3.69. The number of allylic oxidation sites excluding steroid dienone is 4. The average molecular weight is 206 g/mol. The van der Waals surface area contributed by atoms with Crippen LogP contribution in [0.25, 0.3) is 0 Å². The summed E-state index contributed by atoms with van der Waals surface area (Å²) in [5.74, 6) is 0. The molecule has 0 aliphatic heterocycles.